The second-order valence-corrected chi connectivity index (χ2v) is 6.86. The highest BCUT2D eigenvalue weighted by molar-refractivity contribution is 5.75. The second kappa shape index (κ2) is 9.42. The number of nitrogens with zero attached hydrogens (tertiary/aromatic N) is 1. The standard InChI is InChI=1S/C17H34N2O2/c1-6-9-19-10-7-8-15(12-19)14(4)18-16(11-13(2)3)17(20)21-5/h13-16,18H,6-12H2,1-5H3. The van der Waals surface area contributed by atoms with Gasteiger partial charge in [-0.25, -0.2) is 0 Å². The maximum absolute atomic E-state index is 11.9. The Morgan fingerprint density at radius 1 is 1.38 bits per heavy atom. The molecule has 0 aliphatic carbocycles. The molecule has 3 unspecified atom stereocenters. The zero-order valence-electron chi connectivity index (χ0n) is 14.5. The minimum atomic E-state index is -0.174. The molecule has 4 heteroatoms. The number of carbonyl (C=O) groups is 1. The highest BCUT2D eigenvalue weighted by atomic mass is 16.5. The molecule has 0 saturated carbocycles. The van der Waals surface area contributed by atoms with Crippen LogP contribution in [0, 0.1) is 11.8 Å². The molecule has 124 valence electrons. The van der Waals surface area contributed by atoms with Crippen LogP contribution >= 0.6 is 0 Å². The maximum atomic E-state index is 11.9. The van der Waals surface area contributed by atoms with E-state index in [-0.39, 0.29) is 12.0 Å². The van der Waals surface area contributed by atoms with Crippen molar-refractivity contribution in [3.05, 3.63) is 0 Å². The van der Waals surface area contributed by atoms with Crippen molar-refractivity contribution < 1.29 is 9.53 Å². The molecule has 3 atom stereocenters. The topological polar surface area (TPSA) is 41.6 Å². The van der Waals surface area contributed by atoms with Crippen LogP contribution in [-0.4, -0.2) is 49.7 Å². The first-order valence-corrected chi connectivity index (χ1v) is 8.54. The lowest BCUT2D eigenvalue weighted by Crippen LogP contribution is -2.50. The highest BCUT2D eigenvalue weighted by Crippen LogP contribution is 2.21. The van der Waals surface area contributed by atoms with Gasteiger partial charge in [-0.1, -0.05) is 20.8 Å². The molecule has 0 bridgehead atoms. The molecular formula is C17H34N2O2. The van der Waals surface area contributed by atoms with Crippen LogP contribution < -0.4 is 5.32 Å². The number of hydrogen-bond donors (Lipinski definition) is 1. The Morgan fingerprint density at radius 3 is 2.67 bits per heavy atom. The van der Waals surface area contributed by atoms with E-state index >= 15 is 0 Å². The fourth-order valence-corrected chi connectivity index (χ4v) is 3.32. The number of hydrogen-bond acceptors (Lipinski definition) is 4. The van der Waals surface area contributed by atoms with Gasteiger partial charge in [0.05, 0.1) is 7.11 Å². The fourth-order valence-electron chi connectivity index (χ4n) is 3.32. The van der Waals surface area contributed by atoms with E-state index in [9.17, 15) is 4.79 Å². The van der Waals surface area contributed by atoms with E-state index < -0.39 is 0 Å². The van der Waals surface area contributed by atoms with Crippen molar-refractivity contribution in [2.45, 2.75) is 65.5 Å². The second-order valence-electron chi connectivity index (χ2n) is 6.86. The number of piperidine rings is 1. The Balaban J connectivity index is 2.55. The van der Waals surface area contributed by atoms with E-state index in [1.807, 2.05) is 0 Å². The summed E-state index contributed by atoms with van der Waals surface area (Å²) in [7, 11) is 1.48. The molecule has 0 amide bonds. The monoisotopic (exact) mass is 298 g/mol. The molecule has 1 fully saturated rings. The van der Waals surface area contributed by atoms with Gasteiger partial charge in [-0.05, 0) is 57.5 Å². The molecule has 1 rings (SSSR count). The van der Waals surface area contributed by atoms with Crippen LogP contribution in [-0.2, 0) is 9.53 Å². The lowest BCUT2D eigenvalue weighted by atomic mass is 9.90. The summed E-state index contributed by atoms with van der Waals surface area (Å²) in [6.07, 6.45) is 4.57. The van der Waals surface area contributed by atoms with Gasteiger partial charge < -0.3 is 15.0 Å². The zero-order chi connectivity index (χ0) is 15.8. The smallest absolute Gasteiger partial charge is 0.322 e. The lowest BCUT2D eigenvalue weighted by Gasteiger charge is -2.37. The quantitative estimate of drug-likeness (QED) is 0.700. The van der Waals surface area contributed by atoms with Gasteiger partial charge in [0.15, 0.2) is 0 Å². The van der Waals surface area contributed by atoms with Crippen molar-refractivity contribution in [2.75, 3.05) is 26.7 Å². The Hall–Kier alpha value is -0.610. The first-order valence-electron chi connectivity index (χ1n) is 8.54. The van der Waals surface area contributed by atoms with Gasteiger partial charge in [0.1, 0.15) is 6.04 Å². The molecule has 4 nitrogen and oxygen atoms in total. The number of methoxy groups -OCH3 is 1. The molecule has 0 aromatic rings. The Labute approximate surface area is 130 Å². The van der Waals surface area contributed by atoms with Crippen molar-refractivity contribution in [1.29, 1.82) is 0 Å². The summed E-state index contributed by atoms with van der Waals surface area (Å²) in [6.45, 7) is 12.3. The van der Waals surface area contributed by atoms with Crippen molar-refractivity contribution in [3.63, 3.8) is 0 Å². The molecule has 1 aliphatic heterocycles. The molecule has 0 spiro atoms. The molecule has 0 radical (unpaired) electrons. The van der Waals surface area contributed by atoms with E-state index in [1.165, 1.54) is 39.5 Å². The number of carbonyl (C=O) groups excluding carboxylic acids is 1. The van der Waals surface area contributed by atoms with Gasteiger partial charge in [-0.15, -0.1) is 0 Å². The number of rotatable bonds is 8. The average molecular weight is 298 g/mol. The van der Waals surface area contributed by atoms with E-state index in [4.69, 9.17) is 4.74 Å². The summed E-state index contributed by atoms with van der Waals surface area (Å²) in [5, 5.41) is 3.53. The Bertz CT molecular complexity index is 305. The zero-order valence-corrected chi connectivity index (χ0v) is 14.5. The molecule has 1 heterocycles. The molecule has 0 aromatic heterocycles. The van der Waals surface area contributed by atoms with Gasteiger partial charge in [0.25, 0.3) is 0 Å². The molecule has 1 aliphatic rings. The van der Waals surface area contributed by atoms with Crippen molar-refractivity contribution in [2.24, 2.45) is 11.8 Å². The Morgan fingerprint density at radius 2 is 2.10 bits per heavy atom. The van der Waals surface area contributed by atoms with Gasteiger partial charge in [0, 0.05) is 12.6 Å². The predicted octanol–water partition coefficient (Wildman–Crippen LogP) is 2.67. The number of ether oxygens (including phenoxy) is 1. The fraction of sp³-hybridized carbons (Fsp3) is 0.941. The third-order valence-electron chi connectivity index (χ3n) is 4.45. The average Bonchev–Trinajstić information content (AvgIpc) is 2.45. The van der Waals surface area contributed by atoms with Gasteiger partial charge in [-0.2, -0.15) is 0 Å². The van der Waals surface area contributed by atoms with E-state index in [0.717, 1.165) is 13.0 Å². The largest absolute Gasteiger partial charge is 0.468 e. The van der Waals surface area contributed by atoms with Crippen LogP contribution in [0.1, 0.15) is 53.4 Å². The number of esters is 1. The highest BCUT2D eigenvalue weighted by Gasteiger charge is 2.28. The van der Waals surface area contributed by atoms with Crippen LogP contribution in [0.5, 0.6) is 0 Å². The van der Waals surface area contributed by atoms with Crippen LogP contribution in [0.4, 0.5) is 0 Å². The minimum absolute atomic E-state index is 0.128. The summed E-state index contributed by atoms with van der Waals surface area (Å²) >= 11 is 0. The van der Waals surface area contributed by atoms with E-state index in [2.05, 4.69) is 37.9 Å². The van der Waals surface area contributed by atoms with E-state index in [0.29, 0.717) is 17.9 Å². The van der Waals surface area contributed by atoms with Crippen molar-refractivity contribution in [3.8, 4) is 0 Å². The third kappa shape index (κ3) is 6.35. The Kier molecular flexibility index (Phi) is 8.27. The summed E-state index contributed by atoms with van der Waals surface area (Å²) in [6, 6.07) is 0.180. The normalized spacial score (nSPS) is 23.0. The summed E-state index contributed by atoms with van der Waals surface area (Å²) in [5.41, 5.74) is 0. The maximum Gasteiger partial charge on any atom is 0.322 e. The predicted molar refractivity (Wildman–Crippen MR) is 87.3 cm³/mol. The molecule has 1 N–H and O–H groups in total. The molecular weight excluding hydrogens is 264 g/mol. The summed E-state index contributed by atoms with van der Waals surface area (Å²) < 4.78 is 4.95. The van der Waals surface area contributed by atoms with Gasteiger partial charge in [-0.3, -0.25) is 4.79 Å². The first-order chi connectivity index (χ1) is 9.97. The van der Waals surface area contributed by atoms with Crippen LogP contribution in [0.15, 0.2) is 0 Å². The number of nitrogens with one attached hydrogen (secondary N) is 1. The molecule has 0 aromatic carbocycles. The van der Waals surface area contributed by atoms with Crippen LogP contribution in [0.25, 0.3) is 0 Å². The van der Waals surface area contributed by atoms with Crippen LogP contribution in [0.2, 0.25) is 0 Å². The van der Waals surface area contributed by atoms with Gasteiger partial charge in [0.2, 0.25) is 0 Å². The van der Waals surface area contributed by atoms with Crippen LogP contribution in [0.3, 0.4) is 0 Å². The third-order valence-corrected chi connectivity index (χ3v) is 4.45. The lowest BCUT2D eigenvalue weighted by molar-refractivity contribution is -0.144. The minimum Gasteiger partial charge on any atom is -0.468 e. The summed E-state index contributed by atoms with van der Waals surface area (Å²) in [4.78, 5) is 14.5. The molecule has 1 saturated heterocycles. The number of likely N-dealkylation sites (tertiary alicyclic amines) is 1. The first kappa shape index (κ1) is 18.4. The molecule has 21 heavy (non-hydrogen) atoms. The van der Waals surface area contributed by atoms with Crippen molar-refractivity contribution >= 4 is 5.97 Å². The van der Waals surface area contributed by atoms with E-state index in [1.54, 1.807) is 0 Å². The van der Waals surface area contributed by atoms with Crippen molar-refractivity contribution in [1.82, 2.24) is 10.2 Å². The SMILES string of the molecule is CCCN1CCCC(C(C)NC(CC(C)C)C(=O)OC)C1. The summed E-state index contributed by atoms with van der Waals surface area (Å²) in [5.74, 6) is 0.984. The van der Waals surface area contributed by atoms with Gasteiger partial charge >= 0.3 is 5.97 Å².